The zero-order valence-electron chi connectivity index (χ0n) is 14.1. The van der Waals surface area contributed by atoms with Gasteiger partial charge in [-0.1, -0.05) is 78.9 Å². The number of fused-ring (bicyclic) bond motifs is 1. The molecule has 0 aromatic heterocycles. The summed E-state index contributed by atoms with van der Waals surface area (Å²) in [5.41, 5.74) is 4.62. The summed E-state index contributed by atoms with van der Waals surface area (Å²) < 4.78 is 0. The summed E-state index contributed by atoms with van der Waals surface area (Å²) in [6.07, 6.45) is 1.53. The molecule has 0 spiro atoms. The highest BCUT2D eigenvalue weighted by atomic mass is 16.1. The maximum atomic E-state index is 12.9. The molecule has 0 saturated heterocycles. The van der Waals surface area contributed by atoms with Crippen LogP contribution in [-0.2, 0) is 6.42 Å². The Bertz CT molecular complexity index is 858. The van der Waals surface area contributed by atoms with Crippen LogP contribution in [-0.4, -0.2) is 12.3 Å². The van der Waals surface area contributed by atoms with E-state index < -0.39 is 0 Å². The first-order valence-corrected chi connectivity index (χ1v) is 8.80. The second-order valence-electron chi connectivity index (χ2n) is 6.49. The summed E-state index contributed by atoms with van der Waals surface area (Å²) >= 11 is 0. The minimum atomic E-state index is 0.0672. The summed E-state index contributed by atoms with van der Waals surface area (Å²) in [5.74, 6) is 0.193. The molecule has 25 heavy (non-hydrogen) atoms. The van der Waals surface area contributed by atoms with Crippen LogP contribution in [0.5, 0.6) is 0 Å². The number of nitrogens with zero attached hydrogens (tertiary/aromatic N) is 1. The van der Waals surface area contributed by atoms with E-state index in [2.05, 4.69) is 53.4 Å². The standard InChI is InChI=1S/C23H21NO/c25-23(20-12-5-2-6-13-20)17-22(18-9-3-1-4-10-18)24-16-15-19-11-7-8-14-21(19)24/h1-14,22H,15-17H2/t22-/m1/s1. The summed E-state index contributed by atoms with van der Waals surface area (Å²) in [4.78, 5) is 15.3. The van der Waals surface area contributed by atoms with E-state index in [0.29, 0.717) is 6.42 Å². The molecular weight excluding hydrogens is 306 g/mol. The predicted molar refractivity (Wildman–Crippen MR) is 102 cm³/mol. The van der Waals surface area contributed by atoms with Crippen LogP contribution < -0.4 is 4.90 Å². The second-order valence-corrected chi connectivity index (χ2v) is 6.49. The van der Waals surface area contributed by atoms with Crippen LogP contribution >= 0.6 is 0 Å². The number of para-hydroxylation sites is 1. The van der Waals surface area contributed by atoms with Gasteiger partial charge < -0.3 is 4.90 Å². The first-order chi connectivity index (χ1) is 12.3. The van der Waals surface area contributed by atoms with Crippen molar-refractivity contribution in [3.05, 3.63) is 102 Å². The normalized spacial score (nSPS) is 14.2. The Hall–Kier alpha value is -2.87. The SMILES string of the molecule is O=C(C[C@H](c1ccccc1)N1CCc2ccccc21)c1ccccc1. The number of rotatable bonds is 5. The molecule has 2 nitrogen and oxygen atoms in total. The van der Waals surface area contributed by atoms with Gasteiger partial charge in [-0.05, 0) is 23.6 Å². The average Bonchev–Trinajstić information content (AvgIpc) is 3.11. The highest BCUT2D eigenvalue weighted by molar-refractivity contribution is 5.96. The number of Topliss-reactive ketones (excluding diaryl/α,β-unsaturated/α-hetero) is 1. The van der Waals surface area contributed by atoms with Crippen LogP contribution in [0, 0.1) is 0 Å². The number of benzene rings is 3. The molecule has 0 N–H and O–H groups in total. The fourth-order valence-electron chi connectivity index (χ4n) is 3.69. The van der Waals surface area contributed by atoms with Crippen LogP contribution in [0.4, 0.5) is 5.69 Å². The van der Waals surface area contributed by atoms with E-state index in [0.717, 1.165) is 18.5 Å². The molecule has 0 bridgehead atoms. The summed E-state index contributed by atoms with van der Waals surface area (Å²) in [7, 11) is 0. The Kier molecular flexibility index (Phi) is 4.34. The minimum absolute atomic E-state index is 0.0672. The molecule has 1 aliphatic rings. The molecule has 2 heteroatoms. The largest absolute Gasteiger partial charge is 0.363 e. The third kappa shape index (κ3) is 3.20. The van der Waals surface area contributed by atoms with Crippen molar-refractivity contribution in [3.8, 4) is 0 Å². The monoisotopic (exact) mass is 327 g/mol. The maximum Gasteiger partial charge on any atom is 0.165 e. The third-order valence-electron chi connectivity index (χ3n) is 4.96. The summed E-state index contributed by atoms with van der Waals surface area (Å²) in [5, 5.41) is 0. The van der Waals surface area contributed by atoms with E-state index in [1.165, 1.54) is 16.8 Å². The Morgan fingerprint density at radius 3 is 2.24 bits per heavy atom. The highest BCUT2D eigenvalue weighted by Gasteiger charge is 2.28. The van der Waals surface area contributed by atoms with E-state index in [-0.39, 0.29) is 11.8 Å². The molecule has 0 aliphatic carbocycles. The van der Waals surface area contributed by atoms with Gasteiger partial charge in [-0.25, -0.2) is 0 Å². The van der Waals surface area contributed by atoms with Crippen molar-refractivity contribution < 1.29 is 4.79 Å². The van der Waals surface area contributed by atoms with Gasteiger partial charge in [-0.3, -0.25) is 4.79 Å². The first-order valence-electron chi connectivity index (χ1n) is 8.80. The molecular formula is C23H21NO. The van der Waals surface area contributed by atoms with Crippen molar-refractivity contribution in [3.63, 3.8) is 0 Å². The van der Waals surface area contributed by atoms with Crippen molar-refractivity contribution in [1.29, 1.82) is 0 Å². The number of anilines is 1. The van der Waals surface area contributed by atoms with Gasteiger partial charge in [0.05, 0.1) is 6.04 Å². The molecule has 1 atom stereocenters. The Morgan fingerprint density at radius 1 is 0.840 bits per heavy atom. The molecule has 0 fully saturated rings. The number of ketones is 1. The van der Waals surface area contributed by atoms with Crippen LogP contribution in [0.3, 0.4) is 0 Å². The van der Waals surface area contributed by atoms with Crippen molar-refractivity contribution in [2.45, 2.75) is 18.9 Å². The Balaban J connectivity index is 1.68. The van der Waals surface area contributed by atoms with Crippen molar-refractivity contribution in [2.24, 2.45) is 0 Å². The van der Waals surface area contributed by atoms with Gasteiger partial charge in [0, 0.05) is 24.2 Å². The molecule has 0 radical (unpaired) electrons. The van der Waals surface area contributed by atoms with E-state index in [4.69, 9.17) is 0 Å². The number of hydrogen-bond acceptors (Lipinski definition) is 2. The van der Waals surface area contributed by atoms with Crippen molar-refractivity contribution >= 4 is 11.5 Å². The highest BCUT2D eigenvalue weighted by Crippen LogP contribution is 2.37. The lowest BCUT2D eigenvalue weighted by Gasteiger charge is -2.30. The van der Waals surface area contributed by atoms with Crippen LogP contribution in [0.15, 0.2) is 84.9 Å². The van der Waals surface area contributed by atoms with Crippen molar-refractivity contribution in [1.82, 2.24) is 0 Å². The Morgan fingerprint density at radius 2 is 1.48 bits per heavy atom. The molecule has 124 valence electrons. The quantitative estimate of drug-likeness (QED) is 0.610. The number of carbonyl (C=O) groups is 1. The van der Waals surface area contributed by atoms with Gasteiger partial charge in [0.2, 0.25) is 0 Å². The second kappa shape index (κ2) is 6.94. The fourth-order valence-corrected chi connectivity index (χ4v) is 3.69. The molecule has 1 aliphatic heterocycles. The smallest absolute Gasteiger partial charge is 0.165 e. The lowest BCUT2D eigenvalue weighted by molar-refractivity contribution is 0.0973. The zero-order chi connectivity index (χ0) is 17.1. The van der Waals surface area contributed by atoms with Crippen LogP contribution in [0.1, 0.15) is 33.9 Å². The van der Waals surface area contributed by atoms with Crippen LogP contribution in [0.2, 0.25) is 0 Å². The van der Waals surface area contributed by atoms with Crippen LogP contribution in [0.25, 0.3) is 0 Å². The lowest BCUT2D eigenvalue weighted by atomic mass is 9.96. The maximum absolute atomic E-state index is 12.9. The molecule has 4 rings (SSSR count). The minimum Gasteiger partial charge on any atom is -0.363 e. The van der Waals surface area contributed by atoms with E-state index in [9.17, 15) is 4.79 Å². The fraction of sp³-hybridized carbons (Fsp3) is 0.174. The number of hydrogen-bond donors (Lipinski definition) is 0. The molecule has 3 aromatic carbocycles. The molecule has 0 unspecified atom stereocenters. The van der Waals surface area contributed by atoms with E-state index >= 15 is 0 Å². The molecule has 0 saturated carbocycles. The van der Waals surface area contributed by atoms with Gasteiger partial charge in [0.25, 0.3) is 0 Å². The van der Waals surface area contributed by atoms with Crippen molar-refractivity contribution in [2.75, 3.05) is 11.4 Å². The molecule has 1 heterocycles. The van der Waals surface area contributed by atoms with Gasteiger partial charge in [0.1, 0.15) is 0 Å². The summed E-state index contributed by atoms with van der Waals surface area (Å²) in [6.45, 7) is 0.959. The van der Waals surface area contributed by atoms with Gasteiger partial charge in [-0.15, -0.1) is 0 Å². The van der Waals surface area contributed by atoms with E-state index in [1.807, 2.05) is 36.4 Å². The lowest BCUT2D eigenvalue weighted by Crippen LogP contribution is -2.28. The number of carbonyl (C=O) groups excluding carboxylic acids is 1. The van der Waals surface area contributed by atoms with Gasteiger partial charge in [0.15, 0.2) is 5.78 Å². The average molecular weight is 327 g/mol. The Labute approximate surface area is 148 Å². The summed E-state index contributed by atoms with van der Waals surface area (Å²) in [6, 6.07) is 28.6. The predicted octanol–water partition coefficient (Wildman–Crippen LogP) is 5.06. The molecule has 0 amide bonds. The zero-order valence-corrected chi connectivity index (χ0v) is 14.1. The van der Waals surface area contributed by atoms with E-state index in [1.54, 1.807) is 0 Å². The third-order valence-corrected chi connectivity index (χ3v) is 4.96. The first kappa shape index (κ1) is 15.6. The molecule has 3 aromatic rings. The topological polar surface area (TPSA) is 20.3 Å². The van der Waals surface area contributed by atoms with Gasteiger partial charge >= 0.3 is 0 Å². The van der Waals surface area contributed by atoms with Gasteiger partial charge in [-0.2, -0.15) is 0 Å².